The number of nitrogens with two attached hydrogens (primary N) is 2. The van der Waals surface area contributed by atoms with Crippen LogP contribution in [0.15, 0.2) is 0 Å². The molecule has 0 saturated heterocycles. The quantitative estimate of drug-likeness (QED) is 0.712. The van der Waals surface area contributed by atoms with Crippen molar-refractivity contribution in [3.63, 3.8) is 0 Å². The van der Waals surface area contributed by atoms with E-state index in [2.05, 4.69) is 4.74 Å². The van der Waals surface area contributed by atoms with Crippen molar-refractivity contribution in [3.8, 4) is 0 Å². The van der Waals surface area contributed by atoms with Gasteiger partial charge in [0.1, 0.15) is 0 Å². The number of esters is 1. The second-order valence-corrected chi connectivity index (χ2v) is 3.62. The lowest BCUT2D eigenvalue weighted by atomic mass is 10.0. The molecule has 4 N–H and O–H groups in total. The van der Waals surface area contributed by atoms with Crippen molar-refractivity contribution in [1.29, 1.82) is 0 Å². The van der Waals surface area contributed by atoms with Gasteiger partial charge in [-0.2, -0.15) is 0 Å². The zero-order valence-corrected chi connectivity index (χ0v) is 10.8. The lowest BCUT2D eigenvalue weighted by Crippen LogP contribution is -2.11. The summed E-state index contributed by atoms with van der Waals surface area (Å²) >= 11 is 0. The van der Waals surface area contributed by atoms with Crippen LogP contribution in [0.3, 0.4) is 0 Å². The molecule has 0 atom stereocenters. The summed E-state index contributed by atoms with van der Waals surface area (Å²) in [7, 11) is 0. The molecular formula is C12H28N2O2. The monoisotopic (exact) mass is 232 g/mol. The van der Waals surface area contributed by atoms with E-state index in [-0.39, 0.29) is 5.97 Å². The average Bonchev–Trinajstić information content (AvgIpc) is 2.32. The maximum Gasteiger partial charge on any atom is 0.302 e. The molecule has 4 heteroatoms. The van der Waals surface area contributed by atoms with Crippen molar-refractivity contribution in [1.82, 2.24) is 0 Å². The molecule has 0 aliphatic heterocycles. The van der Waals surface area contributed by atoms with Crippen LogP contribution in [0.2, 0.25) is 0 Å². The third kappa shape index (κ3) is 23.3. The molecule has 0 aromatic heterocycles. The summed E-state index contributed by atoms with van der Waals surface area (Å²) in [5.41, 5.74) is 9.81. The largest absolute Gasteiger partial charge is 0.466 e. The SMILES string of the molecule is C1CCCCC1.CCOC(C)=O.NCCN. The van der Waals surface area contributed by atoms with E-state index in [1.807, 2.05) is 0 Å². The molecule has 16 heavy (non-hydrogen) atoms. The highest BCUT2D eigenvalue weighted by Gasteiger charge is 1.95. The Bertz CT molecular complexity index is 123. The Balaban J connectivity index is 0. The Morgan fingerprint density at radius 1 is 1.00 bits per heavy atom. The summed E-state index contributed by atoms with van der Waals surface area (Å²) < 4.78 is 4.40. The second kappa shape index (κ2) is 16.8. The molecule has 0 radical (unpaired) electrons. The van der Waals surface area contributed by atoms with Crippen molar-refractivity contribution in [2.75, 3.05) is 19.7 Å². The summed E-state index contributed by atoms with van der Waals surface area (Å²) in [6, 6.07) is 0. The molecule has 4 nitrogen and oxygen atoms in total. The molecule has 0 spiro atoms. The maximum absolute atomic E-state index is 9.82. The smallest absolute Gasteiger partial charge is 0.302 e. The zero-order valence-electron chi connectivity index (χ0n) is 10.8. The Hall–Kier alpha value is -0.610. The van der Waals surface area contributed by atoms with E-state index < -0.39 is 0 Å². The Morgan fingerprint density at radius 3 is 1.38 bits per heavy atom. The average molecular weight is 232 g/mol. The summed E-state index contributed by atoms with van der Waals surface area (Å²) in [6.07, 6.45) is 9.00. The van der Waals surface area contributed by atoms with Crippen molar-refractivity contribution in [3.05, 3.63) is 0 Å². The molecule has 0 unspecified atom stereocenters. The van der Waals surface area contributed by atoms with E-state index in [0.717, 1.165) is 0 Å². The molecule has 1 rings (SSSR count). The van der Waals surface area contributed by atoms with Crippen molar-refractivity contribution >= 4 is 5.97 Å². The lowest BCUT2D eigenvalue weighted by Gasteiger charge is -2.05. The highest BCUT2D eigenvalue weighted by molar-refractivity contribution is 5.65. The van der Waals surface area contributed by atoms with Gasteiger partial charge in [0.25, 0.3) is 0 Å². The highest BCUT2D eigenvalue weighted by atomic mass is 16.5. The third-order valence-corrected chi connectivity index (χ3v) is 2.01. The van der Waals surface area contributed by atoms with Gasteiger partial charge in [-0.15, -0.1) is 0 Å². The number of carbonyl (C=O) groups excluding carboxylic acids is 1. The standard InChI is InChI=1S/C6H12.C4H8O2.C2H8N2/c1-2-4-6-5-3-1;1-3-6-4(2)5;3-1-2-4/h1-6H2;3H2,1-2H3;1-4H2. The fourth-order valence-electron chi connectivity index (χ4n) is 1.26. The normalized spacial score (nSPS) is 13.8. The predicted molar refractivity (Wildman–Crippen MR) is 68.1 cm³/mol. The van der Waals surface area contributed by atoms with Crippen LogP contribution >= 0.6 is 0 Å². The van der Waals surface area contributed by atoms with Gasteiger partial charge < -0.3 is 16.2 Å². The molecular weight excluding hydrogens is 204 g/mol. The van der Waals surface area contributed by atoms with Crippen LogP contribution in [-0.4, -0.2) is 25.7 Å². The predicted octanol–water partition coefficient (Wildman–Crippen LogP) is 1.81. The molecule has 0 aromatic rings. The van der Waals surface area contributed by atoms with E-state index in [0.29, 0.717) is 19.7 Å². The first-order chi connectivity index (χ1) is 7.68. The fraction of sp³-hybridized carbons (Fsp3) is 0.917. The van der Waals surface area contributed by atoms with Gasteiger partial charge in [0, 0.05) is 20.0 Å². The van der Waals surface area contributed by atoms with Gasteiger partial charge >= 0.3 is 5.97 Å². The van der Waals surface area contributed by atoms with Crippen LogP contribution in [0, 0.1) is 0 Å². The van der Waals surface area contributed by atoms with Crippen molar-refractivity contribution < 1.29 is 9.53 Å². The number of hydrogen-bond donors (Lipinski definition) is 2. The third-order valence-electron chi connectivity index (χ3n) is 2.01. The molecule has 1 saturated carbocycles. The van der Waals surface area contributed by atoms with Crippen molar-refractivity contribution in [2.45, 2.75) is 52.4 Å². The lowest BCUT2D eigenvalue weighted by molar-refractivity contribution is -0.140. The highest BCUT2D eigenvalue weighted by Crippen LogP contribution is 2.15. The molecule has 98 valence electrons. The Labute approximate surface area is 99.7 Å². The summed E-state index contributed by atoms with van der Waals surface area (Å²) in [5.74, 6) is -0.211. The number of hydrogen-bond acceptors (Lipinski definition) is 4. The molecule has 1 aliphatic rings. The topological polar surface area (TPSA) is 78.3 Å². The van der Waals surface area contributed by atoms with Gasteiger partial charge in [-0.05, 0) is 6.92 Å². The molecule has 0 aromatic carbocycles. The van der Waals surface area contributed by atoms with Gasteiger partial charge in [-0.25, -0.2) is 0 Å². The molecule has 0 amide bonds. The van der Waals surface area contributed by atoms with E-state index in [1.165, 1.54) is 45.4 Å². The molecule has 1 fully saturated rings. The summed E-state index contributed by atoms with van der Waals surface area (Å²) in [6.45, 7) is 4.85. The van der Waals surface area contributed by atoms with E-state index in [9.17, 15) is 4.79 Å². The summed E-state index contributed by atoms with van der Waals surface area (Å²) in [5, 5.41) is 0. The van der Waals surface area contributed by atoms with E-state index >= 15 is 0 Å². The van der Waals surface area contributed by atoms with Crippen LogP contribution in [0.5, 0.6) is 0 Å². The van der Waals surface area contributed by atoms with Gasteiger partial charge in [-0.3, -0.25) is 4.79 Å². The fourth-order valence-corrected chi connectivity index (χ4v) is 1.26. The maximum atomic E-state index is 9.82. The number of ether oxygens (including phenoxy) is 1. The zero-order chi connectivity index (χ0) is 12.6. The first-order valence-electron chi connectivity index (χ1n) is 6.22. The Morgan fingerprint density at radius 2 is 1.31 bits per heavy atom. The van der Waals surface area contributed by atoms with Crippen LogP contribution in [-0.2, 0) is 9.53 Å². The van der Waals surface area contributed by atoms with Gasteiger partial charge in [-0.1, -0.05) is 38.5 Å². The minimum absolute atomic E-state index is 0.211. The van der Waals surface area contributed by atoms with E-state index in [4.69, 9.17) is 11.5 Å². The van der Waals surface area contributed by atoms with Crippen molar-refractivity contribution in [2.24, 2.45) is 11.5 Å². The van der Waals surface area contributed by atoms with Crippen LogP contribution in [0.25, 0.3) is 0 Å². The number of rotatable bonds is 2. The minimum atomic E-state index is -0.211. The van der Waals surface area contributed by atoms with Crippen LogP contribution in [0.4, 0.5) is 0 Å². The van der Waals surface area contributed by atoms with E-state index in [1.54, 1.807) is 6.92 Å². The second-order valence-electron chi connectivity index (χ2n) is 3.62. The number of carbonyl (C=O) groups is 1. The van der Waals surface area contributed by atoms with Gasteiger partial charge in [0.05, 0.1) is 6.61 Å². The summed E-state index contributed by atoms with van der Waals surface area (Å²) in [4.78, 5) is 9.82. The van der Waals surface area contributed by atoms with Gasteiger partial charge in [0.2, 0.25) is 0 Å². The van der Waals surface area contributed by atoms with Crippen LogP contribution in [0.1, 0.15) is 52.4 Å². The molecule has 1 aliphatic carbocycles. The van der Waals surface area contributed by atoms with Crippen LogP contribution < -0.4 is 11.5 Å². The molecule has 0 bridgehead atoms. The first kappa shape index (κ1) is 17.8. The first-order valence-corrected chi connectivity index (χ1v) is 6.22. The molecule has 0 heterocycles. The van der Waals surface area contributed by atoms with Gasteiger partial charge in [0.15, 0.2) is 0 Å². The Kier molecular flexibility index (Phi) is 18.7. The minimum Gasteiger partial charge on any atom is -0.466 e.